The Hall–Kier alpha value is -1.88. The van der Waals surface area contributed by atoms with Gasteiger partial charge in [-0.15, -0.1) is 0 Å². The maximum atomic E-state index is 10.9. The van der Waals surface area contributed by atoms with Crippen LogP contribution in [0.15, 0.2) is 40.9 Å². The van der Waals surface area contributed by atoms with Crippen molar-refractivity contribution in [1.82, 2.24) is 4.98 Å². The van der Waals surface area contributed by atoms with E-state index >= 15 is 0 Å². The van der Waals surface area contributed by atoms with Gasteiger partial charge >= 0.3 is 5.97 Å². The number of nitrogens with zero attached hydrogens (tertiary/aromatic N) is 1. The topological polar surface area (TPSA) is 76.2 Å². The summed E-state index contributed by atoms with van der Waals surface area (Å²) < 4.78 is 0.908. The molecule has 0 atom stereocenters. The van der Waals surface area contributed by atoms with E-state index < -0.39 is 5.97 Å². The summed E-state index contributed by atoms with van der Waals surface area (Å²) >= 11 is 3.35. The van der Waals surface area contributed by atoms with Gasteiger partial charge in [-0.3, -0.25) is 0 Å². The normalized spacial score (nSPS) is 10.2. The number of carboxylic acids is 1. The van der Waals surface area contributed by atoms with E-state index in [1.165, 1.54) is 0 Å². The number of benzene rings is 1. The minimum Gasteiger partial charge on any atom is -0.476 e. The third kappa shape index (κ3) is 2.45. The fourth-order valence-electron chi connectivity index (χ4n) is 1.45. The molecule has 0 spiro atoms. The molecule has 3 N–H and O–H groups in total. The molecule has 0 saturated carbocycles. The summed E-state index contributed by atoms with van der Waals surface area (Å²) in [5.41, 5.74) is 7.00. The molecule has 0 aliphatic rings. The van der Waals surface area contributed by atoms with Crippen molar-refractivity contribution in [2.75, 3.05) is 5.73 Å². The van der Waals surface area contributed by atoms with Gasteiger partial charge in [-0.1, -0.05) is 28.1 Å². The zero-order valence-corrected chi connectivity index (χ0v) is 10.3. The zero-order valence-electron chi connectivity index (χ0n) is 8.72. The fourth-order valence-corrected chi connectivity index (χ4v) is 1.85. The SMILES string of the molecule is Nc1ccc(-c2cccc(Br)c2)nc1C(=O)O. The van der Waals surface area contributed by atoms with Crippen LogP contribution in [0.25, 0.3) is 11.3 Å². The van der Waals surface area contributed by atoms with Crippen LogP contribution in [0.3, 0.4) is 0 Å². The molecule has 0 aliphatic carbocycles. The van der Waals surface area contributed by atoms with Crippen molar-refractivity contribution in [3.8, 4) is 11.3 Å². The summed E-state index contributed by atoms with van der Waals surface area (Å²) in [5, 5.41) is 8.94. The fraction of sp³-hybridized carbons (Fsp3) is 0. The molecule has 0 bridgehead atoms. The minimum absolute atomic E-state index is 0.123. The van der Waals surface area contributed by atoms with Gasteiger partial charge in [-0.05, 0) is 24.3 Å². The Bertz CT molecular complexity index is 584. The number of halogens is 1. The second-order valence-electron chi connectivity index (χ2n) is 3.45. The lowest BCUT2D eigenvalue weighted by molar-refractivity contribution is 0.0692. The largest absolute Gasteiger partial charge is 0.476 e. The first-order valence-electron chi connectivity index (χ1n) is 4.83. The van der Waals surface area contributed by atoms with E-state index in [1.54, 1.807) is 12.1 Å². The summed E-state index contributed by atoms with van der Waals surface area (Å²) in [4.78, 5) is 15.0. The van der Waals surface area contributed by atoms with Crippen LogP contribution in [0.5, 0.6) is 0 Å². The minimum atomic E-state index is -1.13. The Morgan fingerprint density at radius 3 is 2.71 bits per heavy atom. The van der Waals surface area contributed by atoms with E-state index in [9.17, 15) is 4.79 Å². The average Bonchev–Trinajstić information content (AvgIpc) is 2.29. The highest BCUT2D eigenvalue weighted by Crippen LogP contribution is 2.23. The number of aromatic carboxylic acids is 1. The molecule has 4 nitrogen and oxygen atoms in total. The molecular weight excluding hydrogens is 284 g/mol. The molecule has 0 unspecified atom stereocenters. The van der Waals surface area contributed by atoms with Crippen LogP contribution in [-0.2, 0) is 0 Å². The van der Waals surface area contributed by atoms with E-state index in [4.69, 9.17) is 10.8 Å². The Morgan fingerprint density at radius 1 is 1.29 bits per heavy atom. The molecule has 5 heteroatoms. The molecule has 1 aromatic heterocycles. The van der Waals surface area contributed by atoms with Crippen LogP contribution in [0.4, 0.5) is 5.69 Å². The molecule has 0 amide bonds. The van der Waals surface area contributed by atoms with E-state index in [1.807, 2.05) is 24.3 Å². The molecule has 0 fully saturated rings. The van der Waals surface area contributed by atoms with E-state index in [0.29, 0.717) is 5.69 Å². The number of rotatable bonds is 2. The Morgan fingerprint density at radius 2 is 2.06 bits per heavy atom. The Labute approximate surface area is 106 Å². The van der Waals surface area contributed by atoms with E-state index in [0.717, 1.165) is 10.0 Å². The number of nitrogens with two attached hydrogens (primary N) is 1. The number of hydrogen-bond donors (Lipinski definition) is 2. The first-order chi connectivity index (χ1) is 8.08. The van der Waals surface area contributed by atoms with Crippen LogP contribution >= 0.6 is 15.9 Å². The number of pyridine rings is 1. The first-order valence-corrected chi connectivity index (χ1v) is 5.63. The second-order valence-corrected chi connectivity index (χ2v) is 4.37. The number of hydrogen-bond acceptors (Lipinski definition) is 3. The molecule has 0 saturated heterocycles. The summed E-state index contributed by atoms with van der Waals surface area (Å²) in [6.07, 6.45) is 0. The summed E-state index contributed by atoms with van der Waals surface area (Å²) in [5.74, 6) is -1.13. The highest BCUT2D eigenvalue weighted by Gasteiger charge is 2.11. The third-order valence-electron chi connectivity index (χ3n) is 2.25. The van der Waals surface area contributed by atoms with Crippen LogP contribution in [0.2, 0.25) is 0 Å². The van der Waals surface area contributed by atoms with Crippen molar-refractivity contribution in [1.29, 1.82) is 0 Å². The van der Waals surface area contributed by atoms with Gasteiger partial charge in [0.1, 0.15) is 0 Å². The molecule has 2 aromatic rings. The maximum Gasteiger partial charge on any atom is 0.356 e. The lowest BCUT2D eigenvalue weighted by Gasteiger charge is -2.05. The van der Waals surface area contributed by atoms with Crippen molar-refractivity contribution in [2.45, 2.75) is 0 Å². The molecule has 17 heavy (non-hydrogen) atoms. The van der Waals surface area contributed by atoms with Crippen molar-refractivity contribution >= 4 is 27.6 Å². The summed E-state index contributed by atoms with van der Waals surface area (Å²) in [6.45, 7) is 0. The van der Waals surface area contributed by atoms with E-state index in [-0.39, 0.29) is 11.4 Å². The molecule has 1 heterocycles. The monoisotopic (exact) mass is 292 g/mol. The van der Waals surface area contributed by atoms with Gasteiger partial charge in [0.05, 0.1) is 11.4 Å². The van der Waals surface area contributed by atoms with Crippen molar-refractivity contribution in [3.05, 3.63) is 46.6 Å². The number of aromatic nitrogens is 1. The molecular formula is C12H9BrN2O2. The lowest BCUT2D eigenvalue weighted by Crippen LogP contribution is -2.06. The second kappa shape index (κ2) is 4.55. The summed E-state index contributed by atoms with van der Waals surface area (Å²) in [7, 11) is 0. The van der Waals surface area contributed by atoms with Gasteiger partial charge in [-0.25, -0.2) is 9.78 Å². The van der Waals surface area contributed by atoms with Gasteiger partial charge in [-0.2, -0.15) is 0 Å². The molecule has 0 radical (unpaired) electrons. The van der Waals surface area contributed by atoms with Crippen LogP contribution in [-0.4, -0.2) is 16.1 Å². The molecule has 86 valence electrons. The number of carbonyl (C=O) groups is 1. The van der Waals surface area contributed by atoms with Gasteiger partial charge in [0.25, 0.3) is 0 Å². The molecule has 0 aliphatic heterocycles. The molecule has 1 aromatic carbocycles. The average molecular weight is 293 g/mol. The highest BCUT2D eigenvalue weighted by atomic mass is 79.9. The standard InChI is InChI=1S/C12H9BrN2O2/c13-8-3-1-2-7(6-8)10-5-4-9(14)11(15-10)12(16)17/h1-6H,14H2,(H,16,17). The van der Waals surface area contributed by atoms with Crippen LogP contribution in [0, 0.1) is 0 Å². The van der Waals surface area contributed by atoms with Gasteiger partial charge in [0.2, 0.25) is 0 Å². The van der Waals surface area contributed by atoms with Gasteiger partial charge in [0, 0.05) is 10.0 Å². The zero-order chi connectivity index (χ0) is 12.4. The summed E-state index contributed by atoms with van der Waals surface area (Å²) in [6, 6.07) is 10.7. The number of carboxylic acid groups (broad SMARTS) is 1. The Kier molecular flexibility index (Phi) is 3.10. The number of anilines is 1. The van der Waals surface area contributed by atoms with Crippen LogP contribution < -0.4 is 5.73 Å². The highest BCUT2D eigenvalue weighted by molar-refractivity contribution is 9.10. The first kappa shape index (κ1) is 11.6. The molecule has 2 rings (SSSR count). The lowest BCUT2D eigenvalue weighted by atomic mass is 10.1. The van der Waals surface area contributed by atoms with Gasteiger partial charge < -0.3 is 10.8 Å². The predicted molar refractivity (Wildman–Crippen MR) is 68.7 cm³/mol. The number of nitrogen functional groups attached to an aromatic ring is 1. The quantitative estimate of drug-likeness (QED) is 0.892. The third-order valence-corrected chi connectivity index (χ3v) is 2.74. The van der Waals surface area contributed by atoms with Crippen molar-refractivity contribution in [2.24, 2.45) is 0 Å². The van der Waals surface area contributed by atoms with Gasteiger partial charge in [0.15, 0.2) is 5.69 Å². The van der Waals surface area contributed by atoms with Crippen molar-refractivity contribution in [3.63, 3.8) is 0 Å². The van der Waals surface area contributed by atoms with E-state index in [2.05, 4.69) is 20.9 Å². The van der Waals surface area contributed by atoms with Crippen LogP contribution in [0.1, 0.15) is 10.5 Å². The van der Waals surface area contributed by atoms with Crippen molar-refractivity contribution < 1.29 is 9.90 Å². The predicted octanol–water partition coefficient (Wildman–Crippen LogP) is 2.79. The smallest absolute Gasteiger partial charge is 0.356 e. The maximum absolute atomic E-state index is 10.9. The Balaban J connectivity index is 2.54.